The average Bonchev–Trinajstić information content (AvgIpc) is 2.72. The van der Waals surface area contributed by atoms with Crippen LogP contribution >= 0.6 is 27.5 Å². The van der Waals surface area contributed by atoms with Gasteiger partial charge >= 0.3 is 0 Å². The van der Waals surface area contributed by atoms with E-state index in [9.17, 15) is 0 Å². The summed E-state index contributed by atoms with van der Waals surface area (Å²) in [4.78, 5) is 0. The number of aryl methyl sites for hydroxylation is 1. The summed E-state index contributed by atoms with van der Waals surface area (Å²) in [5.41, 5.74) is 3.72. The molecule has 0 unspecified atom stereocenters. The van der Waals surface area contributed by atoms with E-state index in [-0.39, 0.29) is 0 Å². The zero-order chi connectivity index (χ0) is 19.8. The quantitative estimate of drug-likeness (QED) is 0.381. The zero-order valence-corrected chi connectivity index (χ0v) is 18.3. The Morgan fingerprint density at radius 1 is 0.929 bits per heavy atom. The monoisotopic (exact) mass is 457 g/mol. The van der Waals surface area contributed by atoms with Gasteiger partial charge in [-0.05, 0) is 76.7 Å². The van der Waals surface area contributed by atoms with Crippen LogP contribution in [-0.4, -0.2) is 6.04 Å². The van der Waals surface area contributed by atoms with Crippen LogP contribution in [0.1, 0.15) is 30.0 Å². The van der Waals surface area contributed by atoms with Crippen molar-refractivity contribution in [2.24, 2.45) is 0 Å². The lowest BCUT2D eigenvalue weighted by Gasteiger charge is -2.15. The maximum Gasteiger partial charge on any atom is 0.134 e. The van der Waals surface area contributed by atoms with Crippen molar-refractivity contribution in [1.82, 2.24) is 5.32 Å². The van der Waals surface area contributed by atoms with E-state index in [0.717, 1.165) is 40.2 Å². The average molecular weight is 459 g/mol. The summed E-state index contributed by atoms with van der Waals surface area (Å²) in [6.45, 7) is 3.59. The third-order valence-corrected chi connectivity index (χ3v) is 5.54. The van der Waals surface area contributed by atoms with Crippen LogP contribution in [0.15, 0.2) is 77.3 Å². The maximum atomic E-state index is 5.92. The molecule has 0 aromatic heterocycles. The van der Waals surface area contributed by atoms with Gasteiger partial charge in [-0.2, -0.15) is 0 Å². The first-order chi connectivity index (χ1) is 13.6. The topological polar surface area (TPSA) is 21.3 Å². The summed E-state index contributed by atoms with van der Waals surface area (Å²) in [5.74, 6) is 0.843. The Labute approximate surface area is 181 Å². The summed E-state index contributed by atoms with van der Waals surface area (Å²) in [6.07, 6.45) is 2.21. The Morgan fingerprint density at radius 3 is 2.36 bits per heavy atom. The summed E-state index contributed by atoms with van der Waals surface area (Å²) in [6, 6.07) is 25.1. The van der Waals surface area contributed by atoms with Crippen molar-refractivity contribution in [3.05, 3.63) is 99.0 Å². The van der Waals surface area contributed by atoms with Gasteiger partial charge in [-0.3, -0.25) is 0 Å². The second-order valence-corrected chi connectivity index (χ2v) is 8.28. The van der Waals surface area contributed by atoms with E-state index in [1.807, 2.05) is 30.3 Å². The highest BCUT2D eigenvalue weighted by molar-refractivity contribution is 9.10. The number of benzene rings is 3. The van der Waals surface area contributed by atoms with Gasteiger partial charge in [0.2, 0.25) is 0 Å². The molecular weight excluding hydrogens is 434 g/mol. The summed E-state index contributed by atoms with van der Waals surface area (Å²) < 4.78 is 6.89. The molecule has 0 aliphatic heterocycles. The fraction of sp³-hybridized carbons (Fsp3) is 0.250. The minimum Gasteiger partial charge on any atom is -0.488 e. The third-order valence-electron chi connectivity index (χ3n) is 4.67. The predicted octanol–water partition coefficient (Wildman–Crippen LogP) is 6.79. The van der Waals surface area contributed by atoms with Crippen molar-refractivity contribution < 1.29 is 4.74 Å². The molecule has 0 spiro atoms. The van der Waals surface area contributed by atoms with Crippen molar-refractivity contribution in [2.75, 3.05) is 0 Å². The van der Waals surface area contributed by atoms with Gasteiger partial charge in [-0.25, -0.2) is 0 Å². The van der Waals surface area contributed by atoms with Gasteiger partial charge in [0.05, 0.1) is 4.47 Å². The Morgan fingerprint density at radius 2 is 1.64 bits per heavy atom. The zero-order valence-electron chi connectivity index (χ0n) is 16.0. The number of halogens is 2. The third kappa shape index (κ3) is 6.66. The summed E-state index contributed by atoms with van der Waals surface area (Å²) >= 11 is 9.55. The molecule has 0 aliphatic rings. The fourth-order valence-corrected chi connectivity index (χ4v) is 3.60. The van der Waals surface area contributed by atoms with E-state index in [2.05, 4.69) is 70.6 Å². The van der Waals surface area contributed by atoms with Crippen LogP contribution in [0.3, 0.4) is 0 Å². The SMILES string of the molecule is C[C@H](CCc1ccccc1)NCc1ccc(OCc2ccc(Cl)cc2)c(Br)c1. The molecule has 146 valence electrons. The van der Waals surface area contributed by atoms with Gasteiger partial charge in [0.25, 0.3) is 0 Å². The summed E-state index contributed by atoms with van der Waals surface area (Å²) in [7, 11) is 0. The van der Waals surface area contributed by atoms with Crippen molar-refractivity contribution in [2.45, 2.75) is 39.0 Å². The lowest BCUT2D eigenvalue weighted by Crippen LogP contribution is -2.25. The highest BCUT2D eigenvalue weighted by atomic mass is 79.9. The number of hydrogen-bond donors (Lipinski definition) is 1. The standard InChI is InChI=1S/C24H25BrClNO/c1-18(7-8-19-5-3-2-4-6-19)27-16-21-11-14-24(23(25)15-21)28-17-20-9-12-22(26)13-10-20/h2-6,9-15,18,27H,7-8,16-17H2,1H3/t18-/m1/s1. The lowest BCUT2D eigenvalue weighted by molar-refractivity contribution is 0.304. The van der Waals surface area contributed by atoms with Crippen molar-refractivity contribution in [3.63, 3.8) is 0 Å². The molecular formula is C24H25BrClNO. The molecule has 3 aromatic rings. The largest absolute Gasteiger partial charge is 0.488 e. The molecule has 2 nitrogen and oxygen atoms in total. The summed E-state index contributed by atoms with van der Waals surface area (Å²) in [5, 5.41) is 4.34. The van der Waals surface area contributed by atoms with E-state index < -0.39 is 0 Å². The number of rotatable bonds is 9. The van der Waals surface area contributed by atoms with E-state index in [1.165, 1.54) is 11.1 Å². The molecule has 0 radical (unpaired) electrons. The second-order valence-electron chi connectivity index (χ2n) is 6.99. The van der Waals surface area contributed by atoms with Gasteiger partial charge in [-0.1, -0.05) is 60.1 Å². The minimum absolute atomic E-state index is 0.458. The van der Waals surface area contributed by atoms with Crippen molar-refractivity contribution >= 4 is 27.5 Å². The highest BCUT2D eigenvalue weighted by Gasteiger charge is 2.06. The van der Waals surface area contributed by atoms with E-state index in [4.69, 9.17) is 16.3 Å². The lowest BCUT2D eigenvalue weighted by atomic mass is 10.1. The molecule has 0 saturated carbocycles. The number of nitrogens with one attached hydrogen (secondary N) is 1. The van der Waals surface area contributed by atoms with Gasteiger partial charge in [0.1, 0.15) is 12.4 Å². The molecule has 0 fully saturated rings. The van der Waals surface area contributed by atoms with Crippen LogP contribution in [0.4, 0.5) is 0 Å². The van der Waals surface area contributed by atoms with E-state index >= 15 is 0 Å². The molecule has 3 rings (SSSR count). The van der Waals surface area contributed by atoms with E-state index in [0.29, 0.717) is 12.6 Å². The van der Waals surface area contributed by atoms with Crippen molar-refractivity contribution in [1.29, 1.82) is 0 Å². The van der Waals surface area contributed by atoms with Crippen molar-refractivity contribution in [3.8, 4) is 5.75 Å². The molecule has 0 saturated heterocycles. The number of ether oxygens (including phenoxy) is 1. The molecule has 0 heterocycles. The van der Waals surface area contributed by atoms with Gasteiger partial charge in [0.15, 0.2) is 0 Å². The molecule has 0 aliphatic carbocycles. The molecule has 1 N–H and O–H groups in total. The molecule has 3 aromatic carbocycles. The molecule has 1 atom stereocenters. The van der Waals surface area contributed by atoms with Crippen LogP contribution in [0.5, 0.6) is 5.75 Å². The normalized spacial score (nSPS) is 12.0. The first kappa shape index (κ1) is 20.9. The molecule has 4 heteroatoms. The Hall–Kier alpha value is -1.81. The van der Waals surface area contributed by atoms with Crippen LogP contribution < -0.4 is 10.1 Å². The highest BCUT2D eigenvalue weighted by Crippen LogP contribution is 2.27. The van der Waals surface area contributed by atoms with Crippen LogP contribution in [0, 0.1) is 0 Å². The number of hydrogen-bond acceptors (Lipinski definition) is 2. The minimum atomic E-state index is 0.458. The smallest absolute Gasteiger partial charge is 0.134 e. The molecule has 28 heavy (non-hydrogen) atoms. The second kappa shape index (κ2) is 10.7. The van der Waals surface area contributed by atoms with Gasteiger partial charge < -0.3 is 10.1 Å². The van der Waals surface area contributed by atoms with Gasteiger partial charge in [-0.15, -0.1) is 0 Å². The van der Waals surface area contributed by atoms with Crippen LogP contribution in [-0.2, 0) is 19.6 Å². The molecule has 0 amide bonds. The first-order valence-electron chi connectivity index (χ1n) is 9.53. The fourth-order valence-electron chi connectivity index (χ4n) is 2.94. The first-order valence-corrected chi connectivity index (χ1v) is 10.7. The Kier molecular flexibility index (Phi) is 7.96. The van der Waals surface area contributed by atoms with Crippen LogP contribution in [0.2, 0.25) is 5.02 Å². The Bertz CT molecular complexity index is 868. The Balaban J connectivity index is 1.46. The van der Waals surface area contributed by atoms with Gasteiger partial charge in [0, 0.05) is 17.6 Å². The molecule has 0 bridgehead atoms. The predicted molar refractivity (Wildman–Crippen MR) is 121 cm³/mol. The van der Waals surface area contributed by atoms with E-state index in [1.54, 1.807) is 0 Å². The maximum absolute atomic E-state index is 5.92. The van der Waals surface area contributed by atoms with Crippen LogP contribution in [0.25, 0.3) is 0 Å².